The first-order valence-corrected chi connectivity index (χ1v) is 5.19. The molecule has 0 fully saturated rings. The van der Waals surface area contributed by atoms with Crippen LogP contribution in [0.4, 0.5) is 0 Å². The number of benzene rings is 1. The van der Waals surface area contributed by atoms with Crippen molar-refractivity contribution in [1.82, 2.24) is 0 Å². The highest BCUT2D eigenvalue weighted by Gasteiger charge is 2.16. The van der Waals surface area contributed by atoms with Crippen LogP contribution in [0, 0.1) is 5.41 Å². The summed E-state index contributed by atoms with van der Waals surface area (Å²) >= 11 is 0. The lowest BCUT2D eigenvalue weighted by Gasteiger charge is -2.22. The molecule has 0 heterocycles. The highest BCUT2D eigenvalue weighted by atomic mass is 16.3. The largest absolute Gasteiger partial charge is 0.393 e. The van der Waals surface area contributed by atoms with Gasteiger partial charge in [-0.2, -0.15) is 0 Å². The third-order valence-corrected chi connectivity index (χ3v) is 2.16. The molecule has 0 amide bonds. The summed E-state index contributed by atoms with van der Waals surface area (Å²) in [6.07, 6.45) is 1.39. The molecule has 1 rings (SSSR count). The Morgan fingerprint density at radius 1 is 1.14 bits per heavy atom. The number of rotatable bonds is 3. The van der Waals surface area contributed by atoms with Crippen molar-refractivity contribution in [1.29, 1.82) is 0 Å². The lowest BCUT2D eigenvalue weighted by molar-refractivity contribution is 0.121. The Labute approximate surface area is 86.8 Å². The molecule has 1 atom stereocenters. The molecule has 1 aromatic rings. The molecule has 0 aliphatic heterocycles. The number of aliphatic hydroxyl groups excluding tert-OH is 1. The molecule has 14 heavy (non-hydrogen) atoms. The van der Waals surface area contributed by atoms with E-state index in [2.05, 4.69) is 32.9 Å². The maximum absolute atomic E-state index is 9.84. The monoisotopic (exact) mass is 192 g/mol. The van der Waals surface area contributed by atoms with E-state index in [1.807, 2.05) is 18.2 Å². The molecular weight excluding hydrogens is 172 g/mol. The van der Waals surface area contributed by atoms with Crippen molar-refractivity contribution < 1.29 is 5.11 Å². The molecule has 1 unspecified atom stereocenters. The minimum absolute atomic E-state index is 0.203. The Bertz CT molecular complexity index is 258. The minimum atomic E-state index is -0.225. The van der Waals surface area contributed by atoms with Gasteiger partial charge in [-0.05, 0) is 23.8 Å². The van der Waals surface area contributed by atoms with Crippen LogP contribution in [0.3, 0.4) is 0 Å². The second kappa shape index (κ2) is 4.61. The quantitative estimate of drug-likeness (QED) is 0.780. The minimum Gasteiger partial charge on any atom is -0.393 e. The van der Waals surface area contributed by atoms with Gasteiger partial charge >= 0.3 is 0 Å². The third-order valence-electron chi connectivity index (χ3n) is 2.16. The van der Waals surface area contributed by atoms with Crippen molar-refractivity contribution in [2.45, 2.75) is 39.7 Å². The van der Waals surface area contributed by atoms with Crippen LogP contribution in [0.2, 0.25) is 0 Å². The van der Waals surface area contributed by atoms with Gasteiger partial charge in [0.05, 0.1) is 6.10 Å². The topological polar surface area (TPSA) is 20.2 Å². The summed E-state index contributed by atoms with van der Waals surface area (Å²) in [5.74, 6) is 0. The second-order valence-electron chi connectivity index (χ2n) is 5.11. The normalized spacial score (nSPS) is 14.0. The third kappa shape index (κ3) is 4.43. The first-order chi connectivity index (χ1) is 6.47. The van der Waals surface area contributed by atoms with Gasteiger partial charge in [-0.15, -0.1) is 0 Å². The van der Waals surface area contributed by atoms with E-state index in [0.717, 1.165) is 12.8 Å². The number of hydrogen-bond donors (Lipinski definition) is 1. The molecule has 0 spiro atoms. The number of aliphatic hydroxyl groups is 1. The summed E-state index contributed by atoms with van der Waals surface area (Å²) in [6, 6.07) is 10.1. The van der Waals surface area contributed by atoms with E-state index in [1.165, 1.54) is 5.56 Å². The molecule has 1 heteroatoms. The van der Waals surface area contributed by atoms with E-state index in [1.54, 1.807) is 0 Å². The van der Waals surface area contributed by atoms with E-state index >= 15 is 0 Å². The van der Waals surface area contributed by atoms with Crippen molar-refractivity contribution in [2.75, 3.05) is 0 Å². The lowest BCUT2D eigenvalue weighted by atomic mass is 9.87. The molecular formula is C13H20O. The first-order valence-electron chi connectivity index (χ1n) is 5.19. The average molecular weight is 192 g/mol. The van der Waals surface area contributed by atoms with E-state index in [4.69, 9.17) is 0 Å². The molecule has 1 aromatic carbocycles. The fourth-order valence-corrected chi connectivity index (χ4v) is 1.67. The predicted molar refractivity (Wildman–Crippen MR) is 60.2 cm³/mol. The van der Waals surface area contributed by atoms with Crippen LogP contribution in [-0.4, -0.2) is 11.2 Å². The maximum Gasteiger partial charge on any atom is 0.0585 e. The molecule has 0 saturated heterocycles. The summed E-state index contributed by atoms with van der Waals surface area (Å²) in [4.78, 5) is 0. The Hall–Kier alpha value is -0.820. The van der Waals surface area contributed by atoms with Crippen LogP contribution >= 0.6 is 0 Å². The van der Waals surface area contributed by atoms with E-state index in [-0.39, 0.29) is 11.5 Å². The van der Waals surface area contributed by atoms with Crippen LogP contribution in [0.5, 0.6) is 0 Å². The summed E-state index contributed by atoms with van der Waals surface area (Å²) in [7, 11) is 0. The fraction of sp³-hybridized carbons (Fsp3) is 0.538. The van der Waals surface area contributed by atoms with Gasteiger partial charge in [0, 0.05) is 0 Å². The summed E-state index contributed by atoms with van der Waals surface area (Å²) < 4.78 is 0. The Kier molecular flexibility index (Phi) is 3.70. The van der Waals surface area contributed by atoms with Gasteiger partial charge in [-0.25, -0.2) is 0 Å². The van der Waals surface area contributed by atoms with Gasteiger partial charge < -0.3 is 5.11 Å². The van der Waals surface area contributed by atoms with Crippen LogP contribution in [0.1, 0.15) is 32.8 Å². The predicted octanol–water partition coefficient (Wildman–Crippen LogP) is 3.03. The fourth-order valence-electron chi connectivity index (χ4n) is 1.67. The summed E-state index contributed by atoms with van der Waals surface area (Å²) in [5, 5.41) is 9.84. The van der Waals surface area contributed by atoms with Crippen molar-refractivity contribution in [3.05, 3.63) is 35.9 Å². The second-order valence-corrected chi connectivity index (χ2v) is 5.11. The Morgan fingerprint density at radius 2 is 1.71 bits per heavy atom. The molecule has 0 aliphatic rings. The van der Waals surface area contributed by atoms with Gasteiger partial charge in [-0.3, -0.25) is 0 Å². The van der Waals surface area contributed by atoms with Crippen LogP contribution in [0.25, 0.3) is 0 Å². The van der Waals surface area contributed by atoms with E-state index in [0.29, 0.717) is 0 Å². The van der Waals surface area contributed by atoms with Gasteiger partial charge in [0.1, 0.15) is 0 Å². The molecule has 0 aliphatic carbocycles. The van der Waals surface area contributed by atoms with Crippen molar-refractivity contribution in [3.63, 3.8) is 0 Å². The molecule has 1 N–H and O–H groups in total. The highest BCUT2D eigenvalue weighted by Crippen LogP contribution is 2.22. The van der Waals surface area contributed by atoms with Gasteiger partial charge in [0.2, 0.25) is 0 Å². The Morgan fingerprint density at radius 3 is 2.21 bits per heavy atom. The summed E-state index contributed by atoms with van der Waals surface area (Å²) in [6.45, 7) is 6.46. The molecule has 1 nitrogen and oxygen atoms in total. The standard InChI is InChI=1S/C13H20O/c1-13(2,3)10-12(14)9-11-7-5-4-6-8-11/h4-8,12,14H,9-10H2,1-3H3. The molecule has 0 saturated carbocycles. The van der Waals surface area contributed by atoms with Gasteiger partial charge in [0.25, 0.3) is 0 Å². The lowest BCUT2D eigenvalue weighted by Crippen LogP contribution is -2.19. The van der Waals surface area contributed by atoms with Crippen molar-refractivity contribution in [3.8, 4) is 0 Å². The van der Waals surface area contributed by atoms with Gasteiger partial charge in [0.15, 0.2) is 0 Å². The zero-order chi connectivity index (χ0) is 10.6. The number of hydrogen-bond acceptors (Lipinski definition) is 1. The first kappa shape index (κ1) is 11.3. The zero-order valence-electron chi connectivity index (χ0n) is 9.33. The van der Waals surface area contributed by atoms with Crippen LogP contribution in [-0.2, 0) is 6.42 Å². The smallest absolute Gasteiger partial charge is 0.0585 e. The summed E-state index contributed by atoms with van der Waals surface area (Å²) in [5.41, 5.74) is 1.41. The van der Waals surface area contributed by atoms with Crippen molar-refractivity contribution >= 4 is 0 Å². The molecule has 78 valence electrons. The van der Waals surface area contributed by atoms with E-state index in [9.17, 15) is 5.11 Å². The molecule has 0 aromatic heterocycles. The van der Waals surface area contributed by atoms with Crippen LogP contribution < -0.4 is 0 Å². The maximum atomic E-state index is 9.84. The van der Waals surface area contributed by atoms with Crippen molar-refractivity contribution in [2.24, 2.45) is 5.41 Å². The van der Waals surface area contributed by atoms with Crippen LogP contribution in [0.15, 0.2) is 30.3 Å². The zero-order valence-corrected chi connectivity index (χ0v) is 9.33. The Balaban J connectivity index is 2.46. The van der Waals surface area contributed by atoms with E-state index < -0.39 is 0 Å². The average Bonchev–Trinajstić information content (AvgIpc) is 2.02. The SMILES string of the molecule is CC(C)(C)CC(O)Cc1ccccc1. The molecule has 0 radical (unpaired) electrons. The highest BCUT2D eigenvalue weighted by molar-refractivity contribution is 5.15. The molecule has 0 bridgehead atoms. The van der Waals surface area contributed by atoms with Gasteiger partial charge in [-0.1, -0.05) is 51.1 Å².